The van der Waals surface area contributed by atoms with Crippen molar-refractivity contribution in [2.45, 2.75) is 43.1 Å². The number of benzene rings is 1. The fourth-order valence-corrected chi connectivity index (χ4v) is 3.63. The average molecular weight is 383 g/mol. The van der Waals surface area contributed by atoms with E-state index < -0.39 is 20.2 Å². The molecule has 0 spiro atoms. The van der Waals surface area contributed by atoms with E-state index in [-0.39, 0.29) is 11.6 Å². The minimum absolute atomic E-state index is 0.0309. The third-order valence-corrected chi connectivity index (χ3v) is 6.64. The number of anilines is 1. The molecule has 25 heavy (non-hydrogen) atoms. The van der Waals surface area contributed by atoms with Gasteiger partial charge in [-0.25, -0.2) is 13.4 Å². The second-order valence-corrected chi connectivity index (χ2v) is 10.2. The van der Waals surface area contributed by atoms with Crippen LogP contribution >= 0.6 is 11.6 Å². The zero-order valence-electron chi connectivity index (χ0n) is 14.7. The van der Waals surface area contributed by atoms with Gasteiger partial charge >= 0.3 is 0 Å². The standard InChI is InChI=1S/C18H23ClN2O3S/c1-17(2,3)25(23,24)16-10-9-13(11-20-16)21-12-18(4,22)14-7-5-6-8-15(14)19/h5-11,21-22H,12H2,1-4H3. The highest BCUT2D eigenvalue weighted by atomic mass is 35.5. The molecule has 136 valence electrons. The Bertz CT molecular complexity index is 841. The Hall–Kier alpha value is -1.63. The largest absolute Gasteiger partial charge is 0.384 e. The normalized spacial score (nSPS) is 14.8. The molecule has 0 aliphatic rings. The first-order valence-corrected chi connectivity index (χ1v) is 9.73. The van der Waals surface area contributed by atoms with Gasteiger partial charge in [0.15, 0.2) is 14.9 Å². The summed E-state index contributed by atoms with van der Waals surface area (Å²) in [6.45, 7) is 6.77. The van der Waals surface area contributed by atoms with Gasteiger partial charge in [-0.1, -0.05) is 29.8 Å². The predicted molar refractivity (Wildman–Crippen MR) is 101 cm³/mol. The third-order valence-electron chi connectivity index (χ3n) is 3.91. The van der Waals surface area contributed by atoms with Gasteiger partial charge < -0.3 is 10.4 Å². The van der Waals surface area contributed by atoms with E-state index in [1.54, 1.807) is 52.0 Å². The molecule has 2 aromatic rings. The van der Waals surface area contributed by atoms with Gasteiger partial charge in [-0.2, -0.15) is 0 Å². The Morgan fingerprint density at radius 2 is 1.76 bits per heavy atom. The van der Waals surface area contributed by atoms with Crippen LogP contribution in [0.5, 0.6) is 0 Å². The first kappa shape index (κ1) is 19.7. The van der Waals surface area contributed by atoms with Crippen LogP contribution < -0.4 is 5.32 Å². The summed E-state index contributed by atoms with van der Waals surface area (Å²) in [5.41, 5.74) is 0.0401. The molecule has 0 saturated carbocycles. The summed E-state index contributed by atoms with van der Waals surface area (Å²) < 4.78 is 23.8. The molecule has 1 heterocycles. The zero-order valence-corrected chi connectivity index (χ0v) is 16.3. The maximum absolute atomic E-state index is 12.4. The lowest BCUT2D eigenvalue weighted by Gasteiger charge is -2.26. The van der Waals surface area contributed by atoms with Gasteiger partial charge in [-0.3, -0.25) is 0 Å². The minimum atomic E-state index is -3.49. The predicted octanol–water partition coefficient (Wildman–Crippen LogP) is 3.63. The molecule has 0 amide bonds. The Labute approximate surface area is 154 Å². The number of nitrogens with zero attached hydrogens (tertiary/aromatic N) is 1. The highest BCUT2D eigenvalue weighted by Crippen LogP contribution is 2.28. The molecular formula is C18H23ClN2O3S. The van der Waals surface area contributed by atoms with Crippen LogP contribution in [0.4, 0.5) is 5.69 Å². The van der Waals surface area contributed by atoms with Crippen molar-refractivity contribution in [3.63, 3.8) is 0 Å². The molecule has 1 aromatic carbocycles. The molecule has 0 radical (unpaired) electrons. The van der Waals surface area contributed by atoms with Gasteiger partial charge in [-0.05, 0) is 45.9 Å². The van der Waals surface area contributed by atoms with E-state index in [1.807, 2.05) is 6.07 Å². The Kier molecular flexibility index (Phi) is 5.47. The first-order chi connectivity index (χ1) is 11.4. The van der Waals surface area contributed by atoms with Crippen molar-refractivity contribution >= 4 is 27.1 Å². The number of nitrogens with one attached hydrogen (secondary N) is 1. The Morgan fingerprint density at radius 1 is 1.12 bits per heavy atom. The van der Waals surface area contributed by atoms with Gasteiger partial charge in [0.1, 0.15) is 5.60 Å². The molecule has 0 saturated heterocycles. The second kappa shape index (κ2) is 6.94. The average Bonchev–Trinajstić information content (AvgIpc) is 2.52. The molecule has 5 nitrogen and oxygen atoms in total. The van der Waals surface area contributed by atoms with Crippen molar-refractivity contribution in [3.05, 3.63) is 53.2 Å². The van der Waals surface area contributed by atoms with Gasteiger partial charge in [0.2, 0.25) is 0 Å². The van der Waals surface area contributed by atoms with Crippen LogP contribution in [0.1, 0.15) is 33.3 Å². The van der Waals surface area contributed by atoms with Crippen LogP contribution in [-0.2, 0) is 15.4 Å². The Balaban J connectivity index is 2.14. The lowest BCUT2D eigenvalue weighted by Crippen LogP contribution is -2.31. The van der Waals surface area contributed by atoms with E-state index >= 15 is 0 Å². The smallest absolute Gasteiger partial charge is 0.200 e. The van der Waals surface area contributed by atoms with E-state index in [0.717, 1.165) is 0 Å². The summed E-state index contributed by atoms with van der Waals surface area (Å²) >= 11 is 6.14. The number of rotatable bonds is 5. The molecule has 1 aromatic heterocycles. The van der Waals surface area contributed by atoms with Crippen LogP contribution in [-0.4, -0.2) is 29.8 Å². The van der Waals surface area contributed by atoms with Gasteiger partial charge in [-0.15, -0.1) is 0 Å². The third kappa shape index (κ3) is 4.32. The monoisotopic (exact) mass is 382 g/mol. The lowest BCUT2D eigenvalue weighted by molar-refractivity contribution is 0.0716. The molecule has 0 aliphatic heterocycles. The van der Waals surface area contributed by atoms with Crippen LogP contribution in [0.15, 0.2) is 47.6 Å². The zero-order chi connectivity index (χ0) is 18.9. The number of sulfone groups is 1. The number of aromatic nitrogens is 1. The van der Waals surface area contributed by atoms with Crippen molar-refractivity contribution < 1.29 is 13.5 Å². The molecule has 0 bridgehead atoms. The van der Waals surface area contributed by atoms with E-state index in [4.69, 9.17) is 11.6 Å². The number of pyridine rings is 1. The second-order valence-electron chi connectivity index (χ2n) is 7.11. The van der Waals surface area contributed by atoms with Crippen molar-refractivity contribution in [1.82, 2.24) is 4.98 Å². The Morgan fingerprint density at radius 3 is 2.28 bits per heavy atom. The van der Waals surface area contributed by atoms with Gasteiger partial charge in [0.25, 0.3) is 0 Å². The number of hydrogen-bond donors (Lipinski definition) is 2. The molecule has 0 fully saturated rings. The van der Waals surface area contributed by atoms with E-state index in [1.165, 1.54) is 12.3 Å². The van der Waals surface area contributed by atoms with Gasteiger partial charge in [0, 0.05) is 17.1 Å². The fourth-order valence-electron chi connectivity index (χ4n) is 2.22. The summed E-state index contributed by atoms with van der Waals surface area (Å²) in [6.07, 6.45) is 1.45. The summed E-state index contributed by atoms with van der Waals surface area (Å²) in [7, 11) is -3.49. The minimum Gasteiger partial charge on any atom is -0.384 e. The molecule has 0 aliphatic carbocycles. The van der Waals surface area contributed by atoms with Crippen LogP contribution in [0, 0.1) is 0 Å². The number of hydrogen-bond acceptors (Lipinski definition) is 5. The van der Waals surface area contributed by atoms with E-state index in [0.29, 0.717) is 16.3 Å². The summed E-state index contributed by atoms with van der Waals surface area (Å²) in [4.78, 5) is 4.05. The van der Waals surface area contributed by atoms with Crippen molar-refractivity contribution in [2.24, 2.45) is 0 Å². The first-order valence-electron chi connectivity index (χ1n) is 7.87. The highest BCUT2D eigenvalue weighted by Gasteiger charge is 2.32. The van der Waals surface area contributed by atoms with Crippen molar-refractivity contribution in [2.75, 3.05) is 11.9 Å². The van der Waals surface area contributed by atoms with Crippen molar-refractivity contribution in [3.8, 4) is 0 Å². The van der Waals surface area contributed by atoms with Crippen LogP contribution in [0.2, 0.25) is 5.02 Å². The topological polar surface area (TPSA) is 79.3 Å². The summed E-state index contributed by atoms with van der Waals surface area (Å²) in [6, 6.07) is 10.2. The highest BCUT2D eigenvalue weighted by molar-refractivity contribution is 7.92. The van der Waals surface area contributed by atoms with Crippen molar-refractivity contribution in [1.29, 1.82) is 0 Å². The molecule has 2 N–H and O–H groups in total. The fraction of sp³-hybridized carbons (Fsp3) is 0.389. The maximum atomic E-state index is 12.4. The molecule has 1 unspecified atom stereocenters. The SMILES string of the molecule is CC(O)(CNc1ccc(S(=O)(=O)C(C)(C)C)nc1)c1ccccc1Cl. The number of halogens is 1. The summed E-state index contributed by atoms with van der Waals surface area (Å²) in [5, 5.41) is 14.2. The van der Waals surface area contributed by atoms with Crippen LogP contribution in [0.25, 0.3) is 0 Å². The number of aliphatic hydroxyl groups is 1. The van der Waals surface area contributed by atoms with Gasteiger partial charge in [0.05, 0.1) is 16.6 Å². The molecule has 2 rings (SSSR count). The van der Waals surface area contributed by atoms with E-state index in [9.17, 15) is 13.5 Å². The van der Waals surface area contributed by atoms with E-state index in [2.05, 4.69) is 10.3 Å². The quantitative estimate of drug-likeness (QED) is 0.825. The molecule has 7 heteroatoms. The van der Waals surface area contributed by atoms with Crippen LogP contribution in [0.3, 0.4) is 0 Å². The lowest BCUT2D eigenvalue weighted by atomic mass is 9.96. The summed E-state index contributed by atoms with van der Waals surface area (Å²) in [5.74, 6) is 0. The maximum Gasteiger partial charge on any atom is 0.200 e. The molecule has 1 atom stereocenters. The molecular weight excluding hydrogens is 360 g/mol.